The van der Waals surface area contributed by atoms with Crippen molar-refractivity contribution >= 4 is 33.4 Å². The van der Waals surface area contributed by atoms with Crippen LogP contribution in [0.25, 0.3) is 0 Å². The van der Waals surface area contributed by atoms with Gasteiger partial charge in [0.1, 0.15) is 11.8 Å². The summed E-state index contributed by atoms with van der Waals surface area (Å²) in [6, 6.07) is 4.90. The lowest BCUT2D eigenvalue weighted by Gasteiger charge is -2.24. The summed E-state index contributed by atoms with van der Waals surface area (Å²) >= 11 is 3.43. The Kier molecular flexibility index (Phi) is 4.09. The number of methoxy groups -OCH3 is 1. The van der Waals surface area contributed by atoms with E-state index in [4.69, 9.17) is 4.74 Å². The molecule has 2 rings (SSSR count). The normalized spacial score (nSPS) is 19.9. The molecule has 1 aromatic carbocycles. The Bertz CT molecular complexity index is 519. The van der Waals surface area contributed by atoms with Gasteiger partial charge < -0.3 is 15.0 Å². The van der Waals surface area contributed by atoms with Crippen LogP contribution in [0.4, 0.5) is 5.69 Å². The molecule has 0 aliphatic carbocycles. The molecule has 5 nitrogen and oxygen atoms in total. The van der Waals surface area contributed by atoms with E-state index in [1.54, 1.807) is 25.0 Å². The first-order chi connectivity index (χ1) is 9.02. The Labute approximate surface area is 120 Å². The van der Waals surface area contributed by atoms with Gasteiger partial charge >= 0.3 is 0 Å². The van der Waals surface area contributed by atoms with Gasteiger partial charge in [0.15, 0.2) is 0 Å². The van der Waals surface area contributed by atoms with Crippen molar-refractivity contribution < 1.29 is 14.3 Å². The molecule has 2 amide bonds. The molecule has 1 aromatic rings. The van der Waals surface area contributed by atoms with Gasteiger partial charge in [-0.1, -0.05) is 0 Å². The highest BCUT2D eigenvalue weighted by Crippen LogP contribution is 2.31. The van der Waals surface area contributed by atoms with Crippen molar-refractivity contribution in [1.29, 1.82) is 0 Å². The SMILES string of the molecule is COc1ccc(Br)c(N2CCC(=O)NC(C)C2=O)c1. The van der Waals surface area contributed by atoms with Crippen LogP contribution in [0.5, 0.6) is 5.75 Å². The van der Waals surface area contributed by atoms with Crippen molar-refractivity contribution in [3.05, 3.63) is 22.7 Å². The van der Waals surface area contributed by atoms with Gasteiger partial charge in [-0.05, 0) is 35.0 Å². The highest BCUT2D eigenvalue weighted by molar-refractivity contribution is 9.10. The van der Waals surface area contributed by atoms with Crippen LogP contribution in [0, 0.1) is 0 Å². The molecule has 0 bridgehead atoms. The molecule has 1 atom stereocenters. The van der Waals surface area contributed by atoms with E-state index in [0.29, 0.717) is 24.4 Å². The van der Waals surface area contributed by atoms with Gasteiger partial charge in [0, 0.05) is 23.5 Å². The number of halogens is 1. The van der Waals surface area contributed by atoms with Crippen LogP contribution in [-0.2, 0) is 9.59 Å². The minimum Gasteiger partial charge on any atom is -0.497 e. The maximum atomic E-state index is 12.3. The second-order valence-electron chi connectivity index (χ2n) is 4.35. The summed E-state index contributed by atoms with van der Waals surface area (Å²) < 4.78 is 5.97. The van der Waals surface area contributed by atoms with E-state index in [0.717, 1.165) is 4.47 Å². The van der Waals surface area contributed by atoms with Crippen LogP contribution < -0.4 is 15.0 Å². The quantitative estimate of drug-likeness (QED) is 0.899. The molecule has 1 fully saturated rings. The van der Waals surface area contributed by atoms with E-state index in [1.807, 2.05) is 12.1 Å². The third-order valence-electron chi connectivity index (χ3n) is 3.02. The van der Waals surface area contributed by atoms with Crippen molar-refractivity contribution in [2.45, 2.75) is 19.4 Å². The van der Waals surface area contributed by atoms with Crippen molar-refractivity contribution in [3.8, 4) is 5.75 Å². The van der Waals surface area contributed by atoms with Gasteiger partial charge in [0.2, 0.25) is 11.8 Å². The van der Waals surface area contributed by atoms with Crippen LogP contribution >= 0.6 is 15.9 Å². The number of amides is 2. The number of nitrogens with zero attached hydrogens (tertiary/aromatic N) is 1. The summed E-state index contributed by atoms with van der Waals surface area (Å²) in [5, 5.41) is 2.66. The first-order valence-corrected chi connectivity index (χ1v) is 6.76. The average molecular weight is 327 g/mol. The van der Waals surface area contributed by atoms with Crippen LogP contribution in [0.1, 0.15) is 13.3 Å². The van der Waals surface area contributed by atoms with E-state index >= 15 is 0 Å². The Balaban J connectivity index is 2.38. The maximum absolute atomic E-state index is 12.3. The van der Waals surface area contributed by atoms with Gasteiger partial charge in [-0.15, -0.1) is 0 Å². The Morgan fingerprint density at radius 1 is 1.42 bits per heavy atom. The topological polar surface area (TPSA) is 58.6 Å². The largest absolute Gasteiger partial charge is 0.497 e. The Morgan fingerprint density at radius 3 is 2.84 bits per heavy atom. The third-order valence-corrected chi connectivity index (χ3v) is 3.69. The second kappa shape index (κ2) is 5.61. The number of rotatable bonds is 2. The number of nitrogens with one attached hydrogen (secondary N) is 1. The number of ether oxygens (including phenoxy) is 1. The predicted molar refractivity (Wildman–Crippen MR) is 75.3 cm³/mol. The number of carbonyl (C=O) groups excluding carboxylic acids is 2. The van der Waals surface area contributed by atoms with Crippen LogP contribution in [0.3, 0.4) is 0 Å². The monoisotopic (exact) mass is 326 g/mol. The molecule has 1 aliphatic heterocycles. The molecule has 0 spiro atoms. The lowest BCUT2D eigenvalue weighted by Crippen LogP contribution is -2.42. The van der Waals surface area contributed by atoms with Crippen molar-refractivity contribution in [1.82, 2.24) is 5.32 Å². The summed E-state index contributed by atoms with van der Waals surface area (Å²) in [6.07, 6.45) is 0.291. The molecule has 6 heteroatoms. The molecule has 0 radical (unpaired) electrons. The zero-order chi connectivity index (χ0) is 14.0. The van der Waals surface area contributed by atoms with Crippen molar-refractivity contribution in [2.24, 2.45) is 0 Å². The fraction of sp³-hybridized carbons (Fsp3) is 0.385. The molecule has 19 heavy (non-hydrogen) atoms. The lowest BCUT2D eigenvalue weighted by molar-refractivity contribution is -0.125. The smallest absolute Gasteiger partial charge is 0.249 e. The molecule has 1 unspecified atom stereocenters. The summed E-state index contributed by atoms with van der Waals surface area (Å²) in [6.45, 7) is 2.05. The molecule has 1 saturated heterocycles. The zero-order valence-electron chi connectivity index (χ0n) is 10.8. The molecule has 1 aliphatic rings. The van der Waals surface area contributed by atoms with Gasteiger partial charge in [-0.2, -0.15) is 0 Å². The highest BCUT2D eigenvalue weighted by atomic mass is 79.9. The minimum atomic E-state index is -0.520. The predicted octanol–water partition coefficient (Wildman–Crippen LogP) is 1.70. The van der Waals surface area contributed by atoms with Crippen LogP contribution in [0.15, 0.2) is 22.7 Å². The first kappa shape index (κ1) is 13.9. The Hall–Kier alpha value is -1.56. The Morgan fingerprint density at radius 2 is 2.16 bits per heavy atom. The summed E-state index contributed by atoms with van der Waals surface area (Å²) in [7, 11) is 1.57. The van der Waals surface area contributed by atoms with E-state index in [9.17, 15) is 9.59 Å². The fourth-order valence-corrected chi connectivity index (χ4v) is 2.46. The van der Waals surface area contributed by atoms with E-state index in [2.05, 4.69) is 21.2 Å². The summed E-state index contributed by atoms with van der Waals surface area (Å²) in [5.41, 5.74) is 0.715. The minimum absolute atomic E-state index is 0.109. The zero-order valence-corrected chi connectivity index (χ0v) is 12.4. The summed E-state index contributed by atoms with van der Waals surface area (Å²) in [5.74, 6) is 0.435. The molecule has 102 valence electrons. The molecular weight excluding hydrogens is 312 g/mol. The number of benzene rings is 1. The molecule has 1 N–H and O–H groups in total. The average Bonchev–Trinajstić information content (AvgIpc) is 2.51. The van der Waals surface area contributed by atoms with Gasteiger partial charge in [-0.3, -0.25) is 9.59 Å². The van der Waals surface area contributed by atoms with E-state index < -0.39 is 6.04 Å². The first-order valence-electron chi connectivity index (χ1n) is 5.97. The van der Waals surface area contributed by atoms with Gasteiger partial charge in [0.05, 0.1) is 12.8 Å². The maximum Gasteiger partial charge on any atom is 0.249 e. The van der Waals surface area contributed by atoms with Crippen LogP contribution in [-0.4, -0.2) is 31.5 Å². The number of hydrogen-bond donors (Lipinski definition) is 1. The van der Waals surface area contributed by atoms with Crippen molar-refractivity contribution in [2.75, 3.05) is 18.6 Å². The standard InChI is InChI=1S/C13H15BrN2O3/c1-8-13(18)16(6-5-12(17)15-8)11-7-9(19-2)3-4-10(11)14/h3-4,7-8H,5-6H2,1-2H3,(H,15,17). The van der Waals surface area contributed by atoms with Gasteiger partial charge in [-0.25, -0.2) is 0 Å². The second-order valence-corrected chi connectivity index (χ2v) is 5.20. The number of carbonyl (C=O) groups is 2. The third kappa shape index (κ3) is 2.89. The van der Waals surface area contributed by atoms with E-state index in [-0.39, 0.29) is 11.8 Å². The van der Waals surface area contributed by atoms with E-state index in [1.165, 1.54) is 0 Å². The van der Waals surface area contributed by atoms with Gasteiger partial charge in [0.25, 0.3) is 0 Å². The fourth-order valence-electron chi connectivity index (χ4n) is 2.00. The number of hydrogen-bond acceptors (Lipinski definition) is 3. The van der Waals surface area contributed by atoms with Crippen molar-refractivity contribution in [3.63, 3.8) is 0 Å². The molecular formula is C13H15BrN2O3. The summed E-state index contributed by atoms with van der Waals surface area (Å²) in [4.78, 5) is 25.4. The van der Waals surface area contributed by atoms with Crippen LogP contribution in [0.2, 0.25) is 0 Å². The molecule has 0 saturated carbocycles. The number of anilines is 1. The molecule has 1 heterocycles. The lowest BCUT2D eigenvalue weighted by atomic mass is 10.2. The highest BCUT2D eigenvalue weighted by Gasteiger charge is 2.28. The molecule has 0 aromatic heterocycles.